The second-order valence-electron chi connectivity index (χ2n) is 8.22. The highest BCUT2D eigenvalue weighted by Gasteiger charge is 2.27. The van der Waals surface area contributed by atoms with Gasteiger partial charge >= 0.3 is 0 Å². The van der Waals surface area contributed by atoms with Crippen LogP contribution in [0.4, 0.5) is 4.39 Å². The summed E-state index contributed by atoms with van der Waals surface area (Å²) in [5.74, 6) is 0.837. The Labute approximate surface area is 176 Å². The van der Waals surface area contributed by atoms with Gasteiger partial charge in [0.05, 0.1) is 12.2 Å². The number of hydrogen-bond donors (Lipinski definition) is 1. The molecule has 1 N–H and O–H groups in total. The second kappa shape index (κ2) is 9.17. The number of nitrogens with zero attached hydrogens (tertiary/aromatic N) is 4. The number of rotatable bonds is 6. The molecule has 6 nitrogen and oxygen atoms in total. The number of benzene rings is 1. The Morgan fingerprint density at radius 2 is 1.93 bits per heavy atom. The second-order valence-corrected chi connectivity index (χ2v) is 8.58. The largest absolute Gasteiger partial charge is 0.353 e. The van der Waals surface area contributed by atoms with Crippen molar-refractivity contribution >= 4 is 18.1 Å². The molecule has 2 heterocycles. The summed E-state index contributed by atoms with van der Waals surface area (Å²) in [4.78, 5) is 14.7. The van der Waals surface area contributed by atoms with E-state index in [1.54, 1.807) is 34.5 Å². The normalized spacial score (nSPS) is 16.9. The van der Waals surface area contributed by atoms with E-state index in [9.17, 15) is 9.18 Å². The summed E-state index contributed by atoms with van der Waals surface area (Å²) >= 11 is 5.51. The van der Waals surface area contributed by atoms with Crippen LogP contribution in [0.5, 0.6) is 0 Å². The molecule has 0 bridgehead atoms. The van der Waals surface area contributed by atoms with Crippen LogP contribution in [-0.2, 0) is 18.5 Å². The molecule has 1 amide bonds. The number of halogens is 1. The Morgan fingerprint density at radius 3 is 2.55 bits per heavy atom. The van der Waals surface area contributed by atoms with Crippen LogP contribution in [0.3, 0.4) is 0 Å². The predicted octanol–water partition coefficient (Wildman–Crippen LogP) is 3.59. The fourth-order valence-corrected chi connectivity index (χ4v) is 3.68. The summed E-state index contributed by atoms with van der Waals surface area (Å²) in [5.41, 5.74) is 0.439. The molecule has 1 unspecified atom stereocenters. The first-order chi connectivity index (χ1) is 13.8. The molecule has 0 spiro atoms. The lowest BCUT2D eigenvalue weighted by molar-refractivity contribution is -0.127. The minimum Gasteiger partial charge on any atom is -0.353 e. The third-order valence-corrected chi connectivity index (χ3v) is 6.30. The van der Waals surface area contributed by atoms with E-state index < -0.39 is 0 Å². The SMILES string of the molecule is CC(C)C(C)NC(=O)C1CCN(Cn2nc(-c3ccccc3F)n(C)c2=S)CC1. The van der Waals surface area contributed by atoms with Gasteiger partial charge in [-0.3, -0.25) is 9.69 Å². The quantitative estimate of drug-likeness (QED) is 0.727. The first kappa shape index (κ1) is 21.6. The van der Waals surface area contributed by atoms with Gasteiger partial charge in [0.1, 0.15) is 5.82 Å². The van der Waals surface area contributed by atoms with Crippen LogP contribution in [-0.4, -0.2) is 44.3 Å². The molecule has 1 aromatic heterocycles. The molecule has 158 valence electrons. The van der Waals surface area contributed by atoms with Gasteiger partial charge in [0.25, 0.3) is 0 Å². The fraction of sp³-hybridized carbons (Fsp3) is 0.571. The number of hydrogen-bond acceptors (Lipinski definition) is 4. The van der Waals surface area contributed by atoms with E-state index in [1.165, 1.54) is 6.07 Å². The summed E-state index contributed by atoms with van der Waals surface area (Å²) in [7, 11) is 1.81. The van der Waals surface area contributed by atoms with Crippen LogP contribution in [0.25, 0.3) is 11.4 Å². The molecule has 0 aliphatic carbocycles. The Bertz CT molecular complexity index is 914. The van der Waals surface area contributed by atoms with E-state index in [4.69, 9.17) is 12.2 Å². The third-order valence-electron chi connectivity index (χ3n) is 5.82. The maximum absolute atomic E-state index is 14.2. The van der Waals surface area contributed by atoms with Gasteiger partial charge < -0.3 is 9.88 Å². The molecule has 1 saturated heterocycles. The third kappa shape index (κ3) is 4.93. The van der Waals surface area contributed by atoms with Crippen molar-refractivity contribution in [2.45, 2.75) is 46.3 Å². The molecule has 29 heavy (non-hydrogen) atoms. The average Bonchev–Trinajstić information content (AvgIpc) is 2.97. The van der Waals surface area contributed by atoms with E-state index in [2.05, 4.69) is 29.2 Å². The Hall–Kier alpha value is -2.06. The smallest absolute Gasteiger partial charge is 0.223 e. The monoisotopic (exact) mass is 419 g/mol. The Morgan fingerprint density at radius 1 is 1.28 bits per heavy atom. The van der Waals surface area contributed by atoms with Crippen molar-refractivity contribution in [1.82, 2.24) is 24.6 Å². The minimum atomic E-state index is -0.315. The fourth-order valence-electron chi connectivity index (χ4n) is 3.49. The van der Waals surface area contributed by atoms with Crippen LogP contribution in [0, 0.1) is 22.4 Å². The van der Waals surface area contributed by atoms with E-state index in [1.807, 2.05) is 6.92 Å². The maximum atomic E-state index is 14.2. The molecule has 3 rings (SSSR count). The summed E-state index contributed by atoms with van der Waals surface area (Å²) in [6.45, 7) is 8.42. The number of likely N-dealkylation sites (tertiary alicyclic amines) is 1. The highest BCUT2D eigenvalue weighted by Crippen LogP contribution is 2.22. The van der Waals surface area contributed by atoms with Gasteiger partial charge in [-0.25, -0.2) is 9.07 Å². The van der Waals surface area contributed by atoms with Crippen LogP contribution >= 0.6 is 12.2 Å². The predicted molar refractivity (Wildman–Crippen MR) is 114 cm³/mol. The Kier molecular flexibility index (Phi) is 6.85. The van der Waals surface area contributed by atoms with Gasteiger partial charge in [-0.05, 0) is 50.0 Å². The standard InChI is InChI=1S/C21H30FN5OS/c1-14(2)15(3)23-20(28)16-9-11-26(12-10-16)13-27-21(29)25(4)19(24-27)17-7-5-6-8-18(17)22/h5-8,14-16H,9-13H2,1-4H3,(H,23,28). The molecule has 1 aromatic carbocycles. The molecule has 1 aliphatic heterocycles. The van der Waals surface area contributed by atoms with Gasteiger partial charge in [0.2, 0.25) is 5.91 Å². The number of amides is 1. The zero-order valence-electron chi connectivity index (χ0n) is 17.6. The van der Waals surface area contributed by atoms with Crippen molar-refractivity contribution in [1.29, 1.82) is 0 Å². The van der Waals surface area contributed by atoms with E-state index in [0.29, 0.717) is 28.7 Å². The molecular formula is C21H30FN5OS. The zero-order valence-corrected chi connectivity index (χ0v) is 18.4. The molecule has 0 radical (unpaired) electrons. The summed E-state index contributed by atoms with van der Waals surface area (Å²) < 4.78 is 18.2. The highest BCUT2D eigenvalue weighted by atomic mass is 32.1. The lowest BCUT2D eigenvalue weighted by Gasteiger charge is -2.31. The first-order valence-corrected chi connectivity index (χ1v) is 10.6. The molecule has 1 atom stereocenters. The van der Waals surface area contributed by atoms with Crippen LogP contribution in [0.2, 0.25) is 0 Å². The van der Waals surface area contributed by atoms with Crippen molar-refractivity contribution in [3.8, 4) is 11.4 Å². The van der Waals surface area contributed by atoms with Crippen molar-refractivity contribution in [3.05, 3.63) is 34.9 Å². The minimum absolute atomic E-state index is 0.0538. The van der Waals surface area contributed by atoms with Crippen molar-refractivity contribution in [3.63, 3.8) is 0 Å². The number of carbonyl (C=O) groups is 1. The average molecular weight is 420 g/mol. The van der Waals surface area contributed by atoms with Gasteiger partial charge in [-0.2, -0.15) is 5.10 Å². The Balaban J connectivity index is 1.63. The van der Waals surface area contributed by atoms with Gasteiger partial charge in [0.15, 0.2) is 10.6 Å². The highest BCUT2D eigenvalue weighted by molar-refractivity contribution is 7.71. The van der Waals surface area contributed by atoms with Gasteiger partial charge in [0, 0.05) is 32.1 Å². The van der Waals surface area contributed by atoms with Gasteiger partial charge in [-0.15, -0.1) is 0 Å². The maximum Gasteiger partial charge on any atom is 0.223 e. The molecule has 2 aromatic rings. The van der Waals surface area contributed by atoms with Crippen LogP contribution in [0.15, 0.2) is 24.3 Å². The van der Waals surface area contributed by atoms with E-state index >= 15 is 0 Å². The van der Waals surface area contributed by atoms with Crippen LogP contribution < -0.4 is 5.32 Å². The van der Waals surface area contributed by atoms with Crippen molar-refractivity contribution < 1.29 is 9.18 Å². The number of carbonyl (C=O) groups excluding carboxylic acids is 1. The van der Waals surface area contributed by atoms with E-state index in [-0.39, 0.29) is 23.7 Å². The van der Waals surface area contributed by atoms with Crippen molar-refractivity contribution in [2.75, 3.05) is 13.1 Å². The molecule has 0 saturated carbocycles. The van der Waals surface area contributed by atoms with Crippen LogP contribution in [0.1, 0.15) is 33.6 Å². The van der Waals surface area contributed by atoms with Crippen molar-refractivity contribution in [2.24, 2.45) is 18.9 Å². The zero-order chi connectivity index (χ0) is 21.1. The molecule has 1 fully saturated rings. The molecule has 8 heteroatoms. The lowest BCUT2D eigenvalue weighted by atomic mass is 9.95. The number of nitrogens with one attached hydrogen (secondary N) is 1. The summed E-state index contributed by atoms with van der Waals surface area (Å²) in [6, 6.07) is 6.76. The van der Waals surface area contributed by atoms with E-state index in [0.717, 1.165) is 25.9 Å². The summed E-state index contributed by atoms with van der Waals surface area (Å²) in [5, 5.41) is 7.69. The number of aromatic nitrogens is 3. The first-order valence-electron chi connectivity index (χ1n) is 10.2. The number of piperidine rings is 1. The lowest BCUT2D eigenvalue weighted by Crippen LogP contribution is -2.44. The molecular weight excluding hydrogens is 389 g/mol. The summed E-state index contributed by atoms with van der Waals surface area (Å²) in [6.07, 6.45) is 1.63. The topological polar surface area (TPSA) is 55.1 Å². The molecule has 1 aliphatic rings. The van der Waals surface area contributed by atoms with Gasteiger partial charge in [-0.1, -0.05) is 26.0 Å².